The Morgan fingerprint density at radius 3 is 2.80 bits per heavy atom. The van der Waals surface area contributed by atoms with Crippen molar-refractivity contribution in [2.24, 2.45) is 0 Å². The van der Waals surface area contributed by atoms with Crippen LogP contribution in [0.2, 0.25) is 0 Å². The molecule has 0 unspecified atom stereocenters. The summed E-state index contributed by atoms with van der Waals surface area (Å²) >= 11 is 0. The molecule has 0 radical (unpaired) electrons. The van der Waals surface area contributed by atoms with E-state index in [2.05, 4.69) is 10.5 Å². The third-order valence-electron chi connectivity index (χ3n) is 2.96. The van der Waals surface area contributed by atoms with Gasteiger partial charge in [0.2, 0.25) is 0 Å². The van der Waals surface area contributed by atoms with Crippen LogP contribution in [0.1, 0.15) is 22.6 Å². The summed E-state index contributed by atoms with van der Waals surface area (Å²) in [4.78, 5) is 10.5. The number of nitrogens with one attached hydrogen (secondary N) is 1. The Kier molecular flexibility index (Phi) is 3.66. The number of nitro groups is 1. The van der Waals surface area contributed by atoms with Crippen LogP contribution in [0.5, 0.6) is 0 Å². The maximum Gasteiger partial charge on any atom is 0.292 e. The van der Waals surface area contributed by atoms with Gasteiger partial charge in [0.25, 0.3) is 5.69 Å². The number of hydrogen-bond donors (Lipinski definition) is 1. The molecule has 0 bridgehead atoms. The van der Waals surface area contributed by atoms with Crippen molar-refractivity contribution in [2.75, 3.05) is 5.32 Å². The highest BCUT2D eigenvalue weighted by atomic mass is 16.6. The van der Waals surface area contributed by atoms with Crippen LogP contribution in [0.4, 0.5) is 11.4 Å². The summed E-state index contributed by atoms with van der Waals surface area (Å²) in [6, 6.07) is 6.14. The van der Waals surface area contributed by atoms with Crippen molar-refractivity contribution in [3.63, 3.8) is 0 Å². The highest BCUT2D eigenvalue weighted by molar-refractivity contribution is 5.64. The SMILES string of the molecule is Cc1noc(C)c1CNc1cc(C#N)ccc1[N+](=O)[O-]. The van der Waals surface area contributed by atoms with E-state index in [0.717, 1.165) is 11.3 Å². The minimum atomic E-state index is -0.489. The molecule has 0 spiro atoms. The normalized spacial score (nSPS) is 10.1. The Labute approximate surface area is 115 Å². The Bertz CT molecular complexity index is 681. The number of aromatic nitrogens is 1. The first-order valence-corrected chi connectivity index (χ1v) is 5.87. The quantitative estimate of drug-likeness (QED) is 0.677. The van der Waals surface area contributed by atoms with Gasteiger partial charge in [-0.1, -0.05) is 5.16 Å². The minimum Gasteiger partial charge on any atom is -0.375 e. The van der Waals surface area contributed by atoms with Gasteiger partial charge in [-0.3, -0.25) is 10.1 Å². The number of nitriles is 1. The lowest BCUT2D eigenvalue weighted by Gasteiger charge is -2.07. The number of hydrogen-bond acceptors (Lipinski definition) is 6. The van der Waals surface area contributed by atoms with Crippen LogP contribution in [-0.2, 0) is 6.54 Å². The molecule has 0 aliphatic rings. The molecule has 1 heterocycles. The highest BCUT2D eigenvalue weighted by Gasteiger charge is 2.15. The van der Waals surface area contributed by atoms with Gasteiger partial charge < -0.3 is 9.84 Å². The van der Waals surface area contributed by atoms with Crippen LogP contribution in [0.15, 0.2) is 22.7 Å². The molecule has 0 atom stereocenters. The van der Waals surface area contributed by atoms with Crippen LogP contribution in [0, 0.1) is 35.3 Å². The molecule has 2 rings (SSSR count). The standard InChI is InChI=1S/C13H12N4O3/c1-8-11(9(2)20-16-8)7-15-12-5-10(6-14)3-4-13(12)17(18)19/h3-5,15H,7H2,1-2H3. The molecule has 0 aliphatic carbocycles. The molecule has 2 aromatic rings. The van der Waals surface area contributed by atoms with Crippen molar-refractivity contribution < 1.29 is 9.45 Å². The minimum absolute atomic E-state index is 0.0734. The molecule has 20 heavy (non-hydrogen) atoms. The van der Waals surface area contributed by atoms with Crippen molar-refractivity contribution in [3.8, 4) is 6.07 Å². The lowest BCUT2D eigenvalue weighted by molar-refractivity contribution is -0.384. The summed E-state index contributed by atoms with van der Waals surface area (Å²) in [6.45, 7) is 3.92. The monoisotopic (exact) mass is 272 g/mol. The van der Waals surface area contributed by atoms with Crippen molar-refractivity contribution in [1.29, 1.82) is 5.26 Å². The summed E-state index contributed by atoms with van der Waals surface area (Å²) in [5.41, 5.74) is 2.16. The molecule has 0 fully saturated rings. The molecule has 7 nitrogen and oxygen atoms in total. The maximum atomic E-state index is 11.0. The van der Waals surface area contributed by atoms with E-state index in [9.17, 15) is 10.1 Å². The molecule has 0 saturated heterocycles. The van der Waals surface area contributed by atoms with E-state index in [0.29, 0.717) is 23.6 Å². The number of rotatable bonds is 4. The topological polar surface area (TPSA) is 105 Å². The van der Waals surface area contributed by atoms with E-state index in [1.54, 1.807) is 13.8 Å². The fourth-order valence-electron chi connectivity index (χ4n) is 1.84. The molecule has 102 valence electrons. The van der Waals surface area contributed by atoms with Crippen molar-refractivity contribution in [1.82, 2.24) is 5.16 Å². The zero-order valence-electron chi connectivity index (χ0n) is 11.0. The third kappa shape index (κ3) is 2.59. The molecule has 1 aromatic carbocycles. The van der Waals surface area contributed by atoms with E-state index in [-0.39, 0.29) is 5.69 Å². The molecule has 1 N–H and O–H groups in total. The second kappa shape index (κ2) is 5.40. The lowest BCUT2D eigenvalue weighted by atomic mass is 10.1. The predicted molar refractivity (Wildman–Crippen MR) is 71.1 cm³/mol. The van der Waals surface area contributed by atoms with E-state index in [1.807, 2.05) is 6.07 Å². The molecule has 0 aliphatic heterocycles. The first-order chi connectivity index (χ1) is 9.52. The smallest absolute Gasteiger partial charge is 0.292 e. The van der Waals surface area contributed by atoms with E-state index in [4.69, 9.17) is 9.78 Å². The van der Waals surface area contributed by atoms with Gasteiger partial charge in [-0.05, 0) is 26.0 Å². The number of anilines is 1. The van der Waals surface area contributed by atoms with Crippen LogP contribution in [0.3, 0.4) is 0 Å². The fraction of sp³-hybridized carbons (Fsp3) is 0.231. The number of nitro benzene ring substituents is 1. The molecule has 0 saturated carbocycles. The van der Waals surface area contributed by atoms with Crippen LogP contribution < -0.4 is 5.32 Å². The van der Waals surface area contributed by atoms with Gasteiger partial charge in [0.15, 0.2) is 0 Å². The summed E-state index contributed by atoms with van der Waals surface area (Å²) in [5.74, 6) is 0.661. The second-order valence-corrected chi connectivity index (χ2v) is 4.26. The number of benzene rings is 1. The van der Waals surface area contributed by atoms with Crippen molar-refractivity contribution in [3.05, 3.63) is 50.9 Å². The van der Waals surface area contributed by atoms with Crippen LogP contribution in [0.25, 0.3) is 0 Å². The fourth-order valence-corrected chi connectivity index (χ4v) is 1.84. The summed E-state index contributed by atoms with van der Waals surface area (Å²) in [7, 11) is 0. The number of aryl methyl sites for hydroxylation is 2. The van der Waals surface area contributed by atoms with E-state index < -0.39 is 4.92 Å². The summed E-state index contributed by atoms with van der Waals surface area (Å²) in [5, 5.41) is 26.6. The first-order valence-electron chi connectivity index (χ1n) is 5.87. The highest BCUT2D eigenvalue weighted by Crippen LogP contribution is 2.26. The molecule has 0 amide bonds. The summed E-state index contributed by atoms with van der Waals surface area (Å²) < 4.78 is 5.03. The largest absolute Gasteiger partial charge is 0.375 e. The van der Waals surface area contributed by atoms with Gasteiger partial charge in [0.05, 0.1) is 22.2 Å². The van der Waals surface area contributed by atoms with Crippen molar-refractivity contribution >= 4 is 11.4 Å². The van der Waals surface area contributed by atoms with Gasteiger partial charge in [0.1, 0.15) is 11.4 Å². The number of nitrogens with zero attached hydrogens (tertiary/aromatic N) is 3. The van der Waals surface area contributed by atoms with Gasteiger partial charge >= 0.3 is 0 Å². The Hall–Kier alpha value is -2.88. The Balaban J connectivity index is 2.29. The molecule has 7 heteroatoms. The van der Waals surface area contributed by atoms with Gasteiger partial charge in [-0.15, -0.1) is 0 Å². The summed E-state index contributed by atoms with van der Waals surface area (Å²) in [6.07, 6.45) is 0. The molecular weight excluding hydrogens is 260 g/mol. The zero-order valence-corrected chi connectivity index (χ0v) is 11.0. The van der Waals surface area contributed by atoms with Gasteiger partial charge in [0, 0.05) is 18.2 Å². The first kappa shape index (κ1) is 13.5. The van der Waals surface area contributed by atoms with Crippen molar-refractivity contribution in [2.45, 2.75) is 20.4 Å². The third-order valence-corrected chi connectivity index (χ3v) is 2.96. The van der Waals surface area contributed by atoms with E-state index in [1.165, 1.54) is 18.2 Å². The van der Waals surface area contributed by atoms with Crippen LogP contribution in [-0.4, -0.2) is 10.1 Å². The zero-order chi connectivity index (χ0) is 14.7. The van der Waals surface area contributed by atoms with Gasteiger partial charge in [-0.25, -0.2) is 0 Å². The molecular formula is C13H12N4O3. The Morgan fingerprint density at radius 1 is 1.50 bits per heavy atom. The van der Waals surface area contributed by atoms with Crippen LogP contribution >= 0.6 is 0 Å². The molecule has 1 aromatic heterocycles. The average molecular weight is 272 g/mol. The van der Waals surface area contributed by atoms with E-state index >= 15 is 0 Å². The lowest BCUT2D eigenvalue weighted by Crippen LogP contribution is -2.04. The predicted octanol–water partition coefficient (Wildman–Crippen LogP) is 2.68. The van der Waals surface area contributed by atoms with Gasteiger partial charge in [-0.2, -0.15) is 5.26 Å². The second-order valence-electron chi connectivity index (χ2n) is 4.26. The maximum absolute atomic E-state index is 11.0. The average Bonchev–Trinajstić information content (AvgIpc) is 2.75. The Morgan fingerprint density at radius 2 is 2.25 bits per heavy atom.